The van der Waals surface area contributed by atoms with Crippen molar-refractivity contribution in [2.45, 2.75) is 56.5 Å². The number of hydrogen-bond donors (Lipinski definition) is 1. The van der Waals surface area contributed by atoms with Crippen LogP contribution >= 0.6 is 0 Å². The molecule has 1 saturated carbocycles. The highest BCUT2D eigenvalue weighted by Gasteiger charge is 2.44. The smallest absolute Gasteiger partial charge is 0.259 e. The van der Waals surface area contributed by atoms with Gasteiger partial charge in [0, 0.05) is 24.3 Å². The molecule has 1 N–H and O–H groups in total. The molecule has 1 atom stereocenters. The molecule has 1 spiro atoms. The zero-order chi connectivity index (χ0) is 15.6. The molecule has 2 heterocycles. The topological polar surface area (TPSA) is 81.2 Å². The summed E-state index contributed by atoms with van der Waals surface area (Å²) in [4.78, 5) is 8.04. The van der Waals surface area contributed by atoms with Gasteiger partial charge in [-0.3, -0.25) is 4.98 Å². The molecule has 1 saturated heterocycles. The third-order valence-electron chi connectivity index (χ3n) is 4.83. The highest BCUT2D eigenvalue weighted by molar-refractivity contribution is 7.89. The van der Waals surface area contributed by atoms with Crippen molar-refractivity contribution in [3.05, 3.63) is 18.1 Å². The SMILES string of the molecule is Cc1cncc(S(=O)(=O)NC2CCOCC23CCCCC3)n1. The normalized spacial score (nSPS) is 25.2. The first kappa shape index (κ1) is 15.8. The van der Waals surface area contributed by atoms with Crippen LogP contribution in [0.4, 0.5) is 0 Å². The van der Waals surface area contributed by atoms with Crippen molar-refractivity contribution in [2.75, 3.05) is 13.2 Å². The Labute approximate surface area is 131 Å². The van der Waals surface area contributed by atoms with Crippen LogP contribution in [-0.2, 0) is 14.8 Å². The summed E-state index contributed by atoms with van der Waals surface area (Å²) in [6.45, 7) is 3.00. The van der Waals surface area contributed by atoms with Crippen LogP contribution in [0.15, 0.2) is 17.4 Å². The van der Waals surface area contributed by atoms with E-state index in [4.69, 9.17) is 4.74 Å². The molecular formula is C15H23N3O3S. The van der Waals surface area contributed by atoms with Gasteiger partial charge < -0.3 is 4.74 Å². The third-order valence-corrected chi connectivity index (χ3v) is 6.18. The number of ether oxygens (including phenoxy) is 1. The van der Waals surface area contributed by atoms with Crippen LogP contribution in [0, 0.1) is 12.3 Å². The van der Waals surface area contributed by atoms with E-state index in [1.54, 1.807) is 13.1 Å². The molecule has 1 aromatic heterocycles. The lowest BCUT2D eigenvalue weighted by atomic mass is 9.68. The fourth-order valence-electron chi connectivity index (χ4n) is 3.63. The largest absolute Gasteiger partial charge is 0.381 e. The van der Waals surface area contributed by atoms with E-state index in [-0.39, 0.29) is 16.5 Å². The highest BCUT2D eigenvalue weighted by atomic mass is 32.2. The average Bonchev–Trinajstić information content (AvgIpc) is 2.51. The number of aryl methyl sites for hydroxylation is 1. The maximum absolute atomic E-state index is 12.6. The minimum absolute atomic E-state index is 0.00458. The van der Waals surface area contributed by atoms with E-state index in [1.807, 2.05) is 0 Å². The Morgan fingerprint density at radius 1 is 1.27 bits per heavy atom. The van der Waals surface area contributed by atoms with Crippen LogP contribution < -0.4 is 4.72 Å². The Hall–Kier alpha value is -1.05. The van der Waals surface area contributed by atoms with E-state index in [0.717, 1.165) is 32.1 Å². The van der Waals surface area contributed by atoms with Crippen molar-refractivity contribution in [3.8, 4) is 0 Å². The van der Waals surface area contributed by atoms with Gasteiger partial charge in [0.05, 0.1) is 18.5 Å². The van der Waals surface area contributed by atoms with Gasteiger partial charge in [-0.25, -0.2) is 18.1 Å². The molecule has 122 valence electrons. The Balaban J connectivity index is 1.83. The molecule has 7 heteroatoms. The van der Waals surface area contributed by atoms with Crippen molar-refractivity contribution in [1.82, 2.24) is 14.7 Å². The predicted molar refractivity (Wildman–Crippen MR) is 81.8 cm³/mol. The monoisotopic (exact) mass is 325 g/mol. The maximum atomic E-state index is 12.6. The van der Waals surface area contributed by atoms with Crippen LogP contribution in [-0.4, -0.2) is 37.6 Å². The van der Waals surface area contributed by atoms with Crippen molar-refractivity contribution in [2.24, 2.45) is 5.41 Å². The summed E-state index contributed by atoms with van der Waals surface area (Å²) in [5, 5.41) is 0.00458. The van der Waals surface area contributed by atoms with Crippen LogP contribution in [0.1, 0.15) is 44.2 Å². The van der Waals surface area contributed by atoms with Gasteiger partial charge >= 0.3 is 0 Å². The molecule has 0 radical (unpaired) electrons. The molecule has 3 rings (SSSR count). The zero-order valence-electron chi connectivity index (χ0n) is 12.9. The number of hydrogen-bond acceptors (Lipinski definition) is 5. The molecule has 1 unspecified atom stereocenters. The van der Waals surface area contributed by atoms with E-state index >= 15 is 0 Å². The molecule has 0 bridgehead atoms. The molecule has 1 aromatic rings. The summed E-state index contributed by atoms with van der Waals surface area (Å²) >= 11 is 0. The first-order valence-electron chi connectivity index (χ1n) is 7.91. The first-order chi connectivity index (χ1) is 10.5. The molecular weight excluding hydrogens is 302 g/mol. The Kier molecular flexibility index (Phi) is 4.47. The maximum Gasteiger partial charge on any atom is 0.259 e. The second kappa shape index (κ2) is 6.22. The number of rotatable bonds is 3. The standard InChI is InChI=1S/C15H23N3O3S/c1-12-9-16-10-14(17-12)22(19,20)18-13-5-8-21-11-15(13)6-3-2-4-7-15/h9-10,13,18H,2-8,11H2,1H3. The molecule has 2 fully saturated rings. The van der Waals surface area contributed by atoms with Crippen molar-refractivity contribution < 1.29 is 13.2 Å². The van der Waals surface area contributed by atoms with E-state index in [9.17, 15) is 8.42 Å². The minimum atomic E-state index is -3.64. The van der Waals surface area contributed by atoms with Crippen molar-refractivity contribution in [1.29, 1.82) is 0 Å². The van der Waals surface area contributed by atoms with Gasteiger partial charge in [0.1, 0.15) is 0 Å². The zero-order valence-corrected chi connectivity index (χ0v) is 13.7. The van der Waals surface area contributed by atoms with Crippen LogP contribution in [0.3, 0.4) is 0 Å². The lowest BCUT2D eigenvalue weighted by molar-refractivity contribution is -0.0472. The Bertz CT molecular complexity index is 618. The first-order valence-corrected chi connectivity index (χ1v) is 9.39. The van der Waals surface area contributed by atoms with E-state index in [0.29, 0.717) is 18.9 Å². The number of nitrogens with zero attached hydrogens (tertiary/aromatic N) is 2. The molecule has 6 nitrogen and oxygen atoms in total. The summed E-state index contributed by atoms with van der Waals surface area (Å²) in [7, 11) is -3.64. The second-order valence-corrected chi connectivity index (χ2v) is 8.10. The number of sulfonamides is 1. The Morgan fingerprint density at radius 3 is 2.77 bits per heavy atom. The summed E-state index contributed by atoms with van der Waals surface area (Å²) in [6.07, 6.45) is 9.15. The highest BCUT2D eigenvalue weighted by Crippen LogP contribution is 2.43. The lowest BCUT2D eigenvalue weighted by Crippen LogP contribution is -2.54. The summed E-state index contributed by atoms with van der Waals surface area (Å²) in [6, 6.07) is -0.0751. The van der Waals surface area contributed by atoms with Gasteiger partial charge in [-0.2, -0.15) is 0 Å². The number of nitrogens with one attached hydrogen (secondary N) is 1. The molecule has 0 aromatic carbocycles. The molecule has 0 amide bonds. The van der Waals surface area contributed by atoms with Gasteiger partial charge in [0.25, 0.3) is 10.0 Å². The molecule has 22 heavy (non-hydrogen) atoms. The van der Waals surface area contributed by atoms with Gasteiger partial charge in [-0.15, -0.1) is 0 Å². The molecule has 1 aliphatic heterocycles. The lowest BCUT2D eigenvalue weighted by Gasteiger charge is -2.46. The minimum Gasteiger partial charge on any atom is -0.381 e. The quantitative estimate of drug-likeness (QED) is 0.916. The predicted octanol–water partition coefficient (Wildman–Crippen LogP) is 1.80. The van der Waals surface area contributed by atoms with Crippen molar-refractivity contribution >= 4 is 10.0 Å². The van der Waals surface area contributed by atoms with Crippen molar-refractivity contribution in [3.63, 3.8) is 0 Å². The van der Waals surface area contributed by atoms with Gasteiger partial charge in [-0.1, -0.05) is 19.3 Å². The fraction of sp³-hybridized carbons (Fsp3) is 0.733. The van der Waals surface area contributed by atoms with Gasteiger partial charge in [0.15, 0.2) is 5.03 Å². The Morgan fingerprint density at radius 2 is 2.05 bits per heavy atom. The summed E-state index contributed by atoms with van der Waals surface area (Å²) in [5.41, 5.74) is 0.545. The van der Waals surface area contributed by atoms with E-state index in [2.05, 4.69) is 14.7 Å². The fourth-order valence-corrected chi connectivity index (χ4v) is 4.96. The van der Waals surface area contributed by atoms with E-state index < -0.39 is 10.0 Å². The van der Waals surface area contributed by atoms with Crippen LogP contribution in [0.25, 0.3) is 0 Å². The van der Waals surface area contributed by atoms with Crippen LogP contribution in [0.5, 0.6) is 0 Å². The average molecular weight is 325 g/mol. The van der Waals surface area contributed by atoms with Gasteiger partial charge in [-0.05, 0) is 26.2 Å². The summed E-state index contributed by atoms with van der Waals surface area (Å²) < 4.78 is 33.8. The molecule has 1 aliphatic carbocycles. The number of aromatic nitrogens is 2. The summed E-state index contributed by atoms with van der Waals surface area (Å²) in [5.74, 6) is 0. The van der Waals surface area contributed by atoms with Gasteiger partial charge in [0.2, 0.25) is 0 Å². The van der Waals surface area contributed by atoms with E-state index in [1.165, 1.54) is 12.6 Å². The third kappa shape index (κ3) is 3.16. The second-order valence-electron chi connectivity index (χ2n) is 6.44. The van der Waals surface area contributed by atoms with Crippen LogP contribution in [0.2, 0.25) is 0 Å². The molecule has 2 aliphatic rings.